The number of pyridine rings is 2. The molecule has 6 nitrogen and oxygen atoms in total. The van der Waals surface area contributed by atoms with Crippen LogP contribution in [0.2, 0.25) is 0 Å². The summed E-state index contributed by atoms with van der Waals surface area (Å²) in [4.78, 5) is 28.6. The predicted molar refractivity (Wildman–Crippen MR) is 122 cm³/mol. The Balaban J connectivity index is 1.40. The lowest BCUT2D eigenvalue weighted by molar-refractivity contribution is 0.0992. The third kappa shape index (κ3) is 3.81. The van der Waals surface area contributed by atoms with Gasteiger partial charge in [-0.05, 0) is 49.4 Å². The summed E-state index contributed by atoms with van der Waals surface area (Å²) >= 11 is 0. The number of hydrogen-bond donors (Lipinski definition) is 0. The zero-order valence-corrected chi connectivity index (χ0v) is 17.9. The number of Topliss-reactive ketones (excluding diaryl/α,β-unsaturated/α-hetero) is 1. The molecule has 0 spiro atoms. The topological polar surface area (TPSA) is 63.9 Å². The molecular formula is C25H25N5O. The molecule has 4 heterocycles. The van der Waals surface area contributed by atoms with E-state index in [1.165, 1.54) is 12.8 Å². The van der Waals surface area contributed by atoms with Gasteiger partial charge < -0.3 is 9.47 Å². The zero-order chi connectivity index (χ0) is 21.4. The maximum atomic E-state index is 13.0. The van der Waals surface area contributed by atoms with Crippen molar-refractivity contribution in [1.82, 2.24) is 19.5 Å². The number of aryl methyl sites for hydroxylation is 1. The van der Waals surface area contributed by atoms with Gasteiger partial charge in [-0.25, -0.2) is 9.97 Å². The van der Waals surface area contributed by atoms with Gasteiger partial charge in [0.25, 0.3) is 0 Å². The van der Waals surface area contributed by atoms with Gasteiger partial charge in [-0.2, -0.15) is 0 Å². The minimum atomic E-state index is 0.0631. The first-order chi connectivity index (χ1) is 15.1. The molecule has 0 radical (unpaired) electrons. The molecule has 3 aromatic heterocycles. The standard InChI is InChI=1S/C25H25N5O/c1-17-27-16-23(29(17)2)18-5-6-20-15-28-22(12-21(20)11-18)14-24(31)19-7-8-26-25(13-19)30-9-3-4-10-30/h5-8,11-13,15-16H,3-4,9-10,14H2,1-2H3. The van der Waals surface area contributed by atoms with E-state index in [-0.39, 0.29) is 12.2 Å². The van der Waals surface area contributed by atoms with Crippen LogP contribution in [0.5, 0.6) is 0 Å². The lowest BCUT2D eigenvalue weighted by Gasteiger charge is -2.16. The van der Waals surface area contributed by atoms with Crippen LogP contribution in [0, 0.1) is 6.92 Å². The summed E-state index contributed by atoms with van der Waals surface area (Å²) in [5, 5.41) is 2.13. The van der Waals surface area contributed by atoms with Crippen LogP contribution in [0.15, 0.2) is 55.0 Å². The fourth-order valence-electron chi connectivity index (χ4n) is 4.19. The molecule has 6 heteroatoms. The Morgan fingerprint density at radius 2 is 1.81 bits per heavy atom. The molecule has 1 aliphatic heterocycles. The molecule has 0 N–H and O–H groups in total. The van der Waals surface area contributed by atoms with Gasteiger partial charge in [0, 0.05) is 54.7 Å². The van der Waals surface area contributed by atoms with E-state index < -0.39 is 0 Å². The number of carbonyl (C=O) groups excluding carboxylic acids is 1. The second-order valence-corrected chi connectivity index (χ2v) is 8.18. The van der Waals surface area contributed by atoms with Crippen molar-refractivity contribution in [2.45, 2.75) is 26.2 Å². The van der Waals surface area contributed by atoms with Crippen LogP contribution >= 0.6 is 0 Å². The number of carbonyl (C=O) groups is 1. The highest BCUT2D eigenvalue weighted by Crippen LogP contribution is 2.25. The molecule has 1 fully saturated rings. The van der Waals surface area contributed by atoms with Crippen LogP contribution in [-0.2, 0) is 13.5 Å². The fraction of sp³-hybridized carbons (Fsp3) is 0.280. The maximum Gasteiger partial charge on any atom is 0.169 e. The zero-order valence-electron chi connectivity index (χ0n) is 17.9. The normalized spacial score (nSPS) is 13.8. The average Bonchev–Trinajstić information content (AvgIpc) is 3.44. The summed E-state index contributed by atoms with van der Waals surface area (Å²) in [5.41, 5.74) is 3.64. The Morgan fingerprint density at radius 1 is 0.968 bits per heavy atom. The van der Waals surface area contributed by atoms with Crippen molar-refractivity contribution in [3.8, 4) is 11.3 Å². The molecule has 0 aliphatic carbocycles. The second-order valence-electron chi connectivity index (χ2n) is 8.18. The molecule has 0 saturated carbocycles. The van der Waals surface area contributed by atoms with Gasteiger partial charge in [0.15, 0.2) is 5.78 Å². The minimum absolute atomic E-state index is 0.0631. The molecule has 1 saturated heterocycles. The highest BCUT2D eigenvalue weighted by molar-refractivity contribution is 5.98. The number of rotatable bonds is 5. The van der Waals surface area contributed by atoms with Crippen LogP contribution in [0.4, 0.5) is 5.82 Å². The molecule has 1 aliphatic rings. The van der Waals surface area contributed by atoms with Gasteiger partial charge in [0.1, 0.15) is 11.6 Å². The van der Waals surface area contributed by atoms with E-state index in [9.17, 15) is 4.79 Å². The van der Waals surface area contributed by atoms with Crippen LogP contribution in [0.25, 0.3) is 22.0 Å². The van der Waals surface area contributed by atoms with E-state index in [2.05, 4.69) is 42.6 Å². The van der Waals surface area contributed by atoms with Crippen molar-refractivity contribution >= 4 is 22.4 Å². The molecule has 1 aromatic carbocycles. The van der Waals surface area contributed by atoms with Crippen LogP contribution in [0.1, 0.15) is 34.7 Å². The molecule has 0 bridgehead atoms. The summed E-state index contributed by atoms with van der Waals surface area (Å²) < 4.78 is 2.08. The Bertz CT molecular complexity index is 1270. The number of aromatic nitrogens is 4. The van der Waals surface area contributed by atoms with Crippen LogP contribution in [-0.4, -0.2) is 38.4 Å². The van der Waals surface area contributed by atoms with Crippen molar-refractivity contribution in [2.75, 3.05) is 18.0 Å². The molecule has 0 unspecified atom stereocenters. The Kier molecular flexibility index (Phi) is 4.98. The Hall–Kier alpha value is -3.54. The van der Waals surface area contributed by atoms with Crippen molar-refractivity contribution < 1.29 is 4.79 Å². The van der Waals surface area contributed by atoms with E-state index in [0.29, 0.717) is 5.56 Å². The van der Waals surface area contributed by atoms with E-state index in [4.69, 9.17) is 0 Å². The first-order valence-electron chi connectivity index (χ1n) is 10.7. The lowest BCUT2D eigenvalue weighted by atomic mass is 10.0. The number of benzene rings is 1. The number of imidazole rings is 1. The maximum absolute atomic E-state index is 13.0. The average molecular weight is 412 g/mol. The summed E-state index contributed by atoms with van der Waals surface area (Å²) in [6.45, 7) is 4.01. The molecule has 0 atom stereocenters. The van der Waals surface area contributed by atoms with Gasteiger partial charge in [-0.3, -0.25) is 9.78 Å². The van der Waals surface area contributed by atoms with E-state index in [0.717, 1.165) is 52.5 Å². The summed E-state index contributed by atoms with van der Waals surface area (Å²) in [6.07, 6.45) is 8.11. The van der Waals surface area contributed by atoms with E-state index in [1.807, 2.05) is 38.5 Å². The summed E-state index contributed by atoms with van der Waals surface area (Å²) in [5.74, 6) is 1.93. The minimum Gasteiger partial charge on any atom is -0.357 e. The quantitative estimate of drug-likeness (QED) is 0.457. The molecule has 0 amide bonds. The first kappa shape index (κ1) is 19.4. The third-order valence-corrected chi connectivity index (χ3v) is 6.13. The molecule has 31 heavy (non-hydrogen) atoms. The molecule has 5 rings (SSSR count). The molecule has 4 aromatic rings. The highest BCUT2D eigenvalue weighted by Gasteiger charge is 2.16. The Labute approximate surface area is 181 Å². The number of anilines is 1. The molecular weight excluding hydrogens is 386 g/mol. The fourth-order valence-corrected chi connectivity index (χ4v) is 4.19. The number of hydrogen-bond acceptors (Lipinski definition) is 5. The first-order valence-corrected chi connectivity index (χ1v) is 10.7. The van der Waals surface area contributed by atoms with Crippen molar-refractivity contribution in [2.24, 2.45) is 7.05 Å². The second kappa shape index (κ2) is 7.95. The number of nitrogens with zero attached hydrogens (tertiary/aromatic N) is 5. The van der Waals surface area contributed by atoms with Gasteiger partial charge in [-0.1, -0.05) is 12.1 Å². The van der Waals surface area contributed by atoms with Gasteiger partial charge >= 0.3 is 0 Å². The van der Waals surface area contributed by atoms with Gasteiger partial charge in [0.05, 0.1) is 18.3 Å². The highest BCUT2D eigenvalue weighted by atomic mass is 16.1. The monoisotopic (exact) mass is 411 g/mol. The largest absolute Gasteiger partial charge is 0.357 e. The van der Waals surface area contributed by atoms with E-state index in [1.54, 1.807) is 12.3 Å². The Morgan fingerprint density at radius 3 is 2.58 bits per heavy atom. The lowest BCUT2D eigenvalue weighted by Crippen LogP contribution is -2.19. The number of ketones is 1. The van der Waals surface area contributed by atoms with Gasteiger partial charge in [0.2, 0.25) is 0 Å². The smallest absolute Gasteiger partial charge is 0.169 e. The summed E-state index contributed by atoms with van der Waals surface area (Å²) in [6, 6.07) is 12.0. The van der Waals surface area contributed by atoms with Crippen molar-refractivity contribution in [3.05, 3.63) is 72.1 Å². The third-order valence-electron chi connectivity index (χ3n) is 6.13. The van der Waals surface area contributed by atoms with Crippen molar-refractivity contribution in [3.63, 3.8) is 0 Å². The predicted octanol–water partition coefficient (Wildman–Crippen LogP) is 4.36. The van der Waals surface area contributed by atoms with Crippen molar-refractivity contribution in [1.29, 1.82) is 0 Å². The van der Waals surface area contributed by atoms with Crippen LogP contribution in [0.3, 0.4) is 0 Å². The van der Waals surface area contributed by atoms with E-state index >= 15 is 0 Å². The van der Waals surface area contributed by atoms with Gasteiger partial charge in [-0.15, -0.1) is 0 Å². The van der Waals surface area contributed by atoms with Crippen LogP contribution < -0.4 is 4.90 Å². The molecule has 156 valence electrons. The SMILES string of the molecule is Cc1ncc(-c2ccc3cnc(CC(=O)c4ccnc(N5CCCC5)c4)cc3c2)n1C. The summed E-state index contributed by atoms with van der Waals surface area (Å²) in [7, 11) is 2.02. The number of fused-ring (bicyclic) bond motifs is 1.